The van der Waals surface area contributed by atoms with Crippen molar-refractivity contribution in [2.24, 2.45) is 52.3 Å². The number of ether oxygens (including phenoxy) is 3. The Kier molecular flexibility index (Phi) is 5.21. The number of carbonyl (C=O) groups excluding carboxylic acids is 2. The molecule has 0 unspecified atom stereocenters. The normalized spacial score (nSPS) is 53.8. The zero-order valence-corrected chi connectivity index (χ0v) is 21.6. The second-order valence-corrected chi connectivity index (χ2v) is 13.2. The summed E-state index contributed by atoms with van der Waals surface area (Å²) in [5, 5.41) is 0. The Morgan fingerprint density at radius 1 is 1.00 bits per heavy atom. The molecule has 0 amide bonds. The standard InChI is InChI=1S/C29H42O5/c1-15-14-32-27(31)24(15)26-16(2)25-23(34-26)13-22-20-7-6-18-12-19(33-17(3)30)8-10-28(18,4)21(20)9-11-29(22,25)5/h15-16,18-23,25H,6-14H2,1-5H3/b26-24+/t15-,16-,18+,19+,20+,21-,22-,23-,25-,28-,29-/m0/s1. The molecule has 5 nitrogen and oxygen atoms in total. The monoisotopic (exact) mass is 470 g/mol. The van der Waals surface area contributed by atoms with Gasteiger partial charge in [-0.25, -0.2) is 4.79 Å². The number of allylic oxidation sites excluding steroid dienone is 1. The molecule has 2 aliphatic heterocycles. The van der Waals surface area contributed by atoms with Gasteiger partial charge in [0.15, 0.2) is 0 Å². The topological polar surface area (TPSA) is 61.8 Å². The smallest absolute Gasteiger partial charge is 0.337 e. The van der Waals surface area contributed by atoms with Gasteiger partial charge in [0, 0.05) is 24.7 Å². The number of hydrogen-bond donors (Lipinski definition) is 0. The van der Waals surface area contributed by atoms with Crippen molar-refractivity contribution < 1.29 is 23.8 Å². The molecular formula is C29H42O5. The Balaban J connectivity index is 1.24. The summed E-state index contributed by atoms with van der Waals surface area (Å²) in [4.78, 5) is 24.0. The van der Waals surface area contributed by atoms with Gasteiger partial charge in [-0.15, -0.1) is 0 Å². The Hall–Kier alpha value is -1.52. The molecular weight excluding hydrogens is 428 g/mol. The van der Waals surface area contributed by atoms with Gasteiger partial charge in [-0.05, 0) is 85.9 Å². The maximum atomic E-state index is 12.5. The van der Waals surface area contributed by atoms with E-state index in [4.69, 9.17) is 14.2 Å². The first-order chi connectivity index (χ1) is 16.1. The van der Waals surface area contributed by atoms with Crippen LogP contribution in [0.5, 0.6) is 0 Å². The van der Waals surface area contributed by atoms with E-state index in [1.807, 2.05) is 0 Å². The SMILES string of the molecule is CC(=O)O[C@@H]1CC[C@@]2(C)[C@H](CC[C@@H]3[C@@H]2CC[C@]2(C)[C@@H]4[C@H](C[C@@H]32)O/C(=C2/C(=O)OC[C@@H]2C)[C@H]4C)C1. The van der Waals surface area contributed by atoms with Crippen molar-refractivity contribution in [2.45, 2.75) is 98.2 Å². The summed E-state index contributed by atoms with van der Waals surface area (Å²) in [6, 6.07) is 0. The van der Waals surface area contributed by atoms with Crippen LogP contribution in [-0.4, -0.2) is 30.8 Å². The predicted octanol–water partition coefficient (Wildman–Crippen LogP) is 5.67. The lowest BCUT2D eigenvalue weighted by atomic mass is 9.44. The maximum absolute atomic E-state index is 12.5. The fourth-order valence-corrected chi connectivity index (χ4v) is 10.3. The molecule has 2 saturated heterocycles. The highest BCUT2D eigenvalue weighted by atomic mass is 16.5. The van der Waals surface area contributed by atoms with Crippen molar-refractivity contribution in [1.82, 2.24) is 0 Å². The molecule has 2 heterocycles. The summed E-state index contributed by atoms with van der Waals surface area (Å²) >= 11 is 0. The van der Waals surface area contributed by atoms with Gasteiger partial charge in [0.25, 0.3) is 0 Å². The van der Waals surface area contributed by atoms with Crippen LogP contribution in [0.25, 0.3) is 0 Å². The summed E-state index contributed by atoms with van der Waals surface area (Å²) in [6.45, 7) is 11.5. The third-order valence-corrected chi connectivity index (χ3v) is 11.7. The molecule has 0 spiro atoms. The lowest BCUT2D eigenvalue weighted by Gasteiger charge is -2.61. The molecule has 0 aromatic carbocycles. The fourth-order valence-electron chi connectivity index (χ4n) is 10.3. The number of esters is 2. The molecule has 4 saturated carbocycles. The molecule has 0 aromatic rings. The van der Waals surface area contributed by atoms with Crippen LogP contribution in [0.3, 0.4) is 0 Å². The number of fused-ring (bicyclic) bond motifs is 7. The number of carbonyl (C=O) groups is 2. The van der Waals surface area contributed by atoms with Gasteiger partial charge in [0.1, 0.15) is 18.0 Å². The Labute approximate surface area is 204 Å². The average molecular weight is 471 g/mol. The molecule has 0 radical (unpaired) electrons. The van der Waals surface area contributed by atoms with Gasteiger partial charge in [-0.3, -0.25) is 4.79 Å². The molecule has 4 aliphatic carbocycles. The number of cyclic esters (lactones) is 1. The molecule has 11 atom stereocenters. The van der Waals surface area contributed by atoms with Gasteiger partial charge in [0.2, 0.25) is 0 Å². The fraction of sp³-hybridized carbons (Fsp3) is 0.862. The zero-order chi connectivity index (χ0) is 24.0. The van der Waals surface area contributed by atoms with E-state index < -0.39 is 0 Å². The van der Waals surface area contributed by atoms with E-state index in [0.717, 1.165) is 42.4 Å². The lowest BCUT2D eigenvalue weighted by molar-refractivity contribution is -0.160. The molecule has 6 rings (SSSR count). The third-order valence-electron chi connectivity index (χ3n) is 11.7. The first-order valence-electron chi connectivity index (χ1n) is 13.9. The Morgan fingerprint density at radius 2 is 1.76 bits per heavy atom. The molecule has 188 valence electrons. The van der Waals surface area contributed by atoms with Crippen molar-refractivity contribution in [3.8, 4) is 0 Å². The first-order valence-corrected chi connectivity index (χ1v) is 13.9. The van der Waals surface area contributed by atoms with Crippen LogP contribution in [0.4, 0.5) is 0 Å². The van der Waals surface area contributed by atoms with Crippen molar-refractivity contribution in [1.29, 1.82) is 0 Å². The Bertz CT molecular complexity index is 923. The summed E-state index contributed by atoms with van der Waals surface area (Å²) in [7, 11) is 0. The highest BCUT2D eigenvalue weighted by Gasteiger charge is 2.66. The molecule has 6 aliphatic rings. The summed E-state index contributed by atoms with van der Waals surface area (Å²) in [5.41, 5.74) is 1.48. The van der Waals surface area contributed by atoms with E-state index in [2.05, 4.69) is 27.7 Å². The highest BCUT2D eigenvalue weighted by molar-refractivity contribution is 5.91. The summed E-state index contributed by atoms with van der Waals surface area (Å²) in [5.74, 6) is 4.56. The summed E-state index contributed by atoms with van der Waals surface area (Å²) < 4.78 is 17.7. The molecule has 0 bridgehead atoms. The van der Waals surface area contributed by atoms with Crippen LogP contribution in [-0.2, 0) is 23.8 Å². The average Bonchev–Trinajstić information content (AvgIpc) is 3.38. The van der Waals surface area contributed by atoms with Gasteiger partial charge < -0.3 is 14.2 Å². The van der Waals surface area contributed by atoms with E-state index in [9.17, 15) is 9.59 Å². The Morgan fingerprint density at radius 3 is 2.47 bits per heavy atom. The minimum absolute atomic E-state index is 0.122. The van der Waals surface area contributed by atoms with Crippen molar-refractivity contribution >= 4 is 11.9 Å². The molecule has 34 heavy (non-hydrogen) atoms. The first kappa shape index (κ1) is 22.9. The molecule has 0 N–H and O–H groups in total. The van der Waals surface area contributed by atoms with Gasteiger partial charge in [0.05, 0.1) is 12.2 Å². The van der Waals surface area contributed by atoms with Crippen LogP contribution in [0, 0.1) is 52.3 Å². The lowest BCUT2D eigenvalue weighted by Crippen LogP contribution is -2.54. The van der Waals surface area contributed by atoms with Crippen molar-refractivity contribution in [3.63, 3.8) is 0 Å². The van der Waals surface area contributed by atoms with Gasteiger partial charge in [-0.1, -0.05) is 27.7 Å². The minimum atomic E-state index is -0.157. The van der Waals surface area contributed by atoms with E-state index >= 15 is 0 Å². The number of hydrogen-bond acceptors (Lipinski definition) is 5. The van der Waals surface area contributed by atoms with Crippen LogP contribution in [0.1, 0.15) is 86.0 Å². The second kappa shape index (κ2) is 7.74. The highest BCUT2D eigenvalue weighted by Crippen LogP contribution is 2.70. The quantitative estimate of drug-likeness (QED) is 0.365. The third kappa shape index (κ3) is 3.10. The number of rotatable bonds is 1. The van der Waals surface area contributed by atoms with Gasteiger partial charge >= 0.3 is 11.9 Å². The molecule has 6 fully saturated rings. The second-order valence-electron chi connectivity index (χ2n) is 13.2. The van der Waals surface area contributed by atoms with Crippen LogP contribution < -0.4 is 0 Å². The van der Waals surface area contributed by atoms with E-state index in [0.29, 0.717) is 35.7 Å². The van der Waals surface area contributed by atoms with Crippen LogP contribution in [0.2, 0.25) is 0 Å². The van der Waals surface area contributed by atoms with E-state index in [1.54, 1.807) is 6.92 Å². The van der Waals surface area contributed by atoms with E-state index in [-0.39, 0.29) is 35.5 Å². The molecule has 0 aromatic heterocycles. The summed E-state index contributed by atoms with van der Waals surface area (Å²) in [6.07, 6.45) is 9.94. The predicted molar refractivity (Wildman–Crippen MR) is 127 cm³/mol. The minimum Gasteiger partial charge on any atom is -0.494 e. The largest absolute Gasteiger partial charge is 0.494 e. The van der Waals surface area contributed by atoms with Crippen molar-refractivity contribution in [2.75, 3.05) is 6.61 Å². The van der Waals surface area contributed by atoms with E-state index in [1.165, 1.54) is 32.1 Å². The maximum Gasteiger partial charge on any atom is 0.337 e. The van der Waals surface area contributed by atoms with Crippen LogP contribution in [0.15, 0.2) is 11.3 Å². The zero-order valence-electron chi connectivity index (χ0n) is 21.6. The van der Waals surface area contributed by atoms with Crippen LogP contribution >= 0.6 is 0 Å². The van der Waals surface area contributed by atoms with Crippen molar-refractivity contribution in [3.05, 3.63) is 11.3 Å². The molecule has 5 heteroatoms. The van der Waals surface area contributed by atoms with Gasteiger partial charge in [-0.2, -0.15) is 0 Å².